The van der Waals surface area contributed by atoms with Gasteiger partial charge in [0.05, 0.1) is 37.1 Å². The molecule has 0 radical (unpaired) electrons. The van der Waals surface area contributed by atoms with Crippen molar-refractivity contribution in [3.63, 3.8) is 0 Å². The molecule has 0 fully saturated rings. The van der Waals surface area contributed by atoms with Gasteiger partial charge in [0.1, 0.15) is 24.4 Å². The van der Waals surface area contributed by atoms with Crippen molar-refractivity contribution in [1.82, 2.24) is 0 Å². The quantitative estimate of drug-likeness (QED) is 0.0633. The van der Waals surface area contributed by atoms with E-state index in [0.29, 0.717) is 0 Å². The maximum atomic E-state index is 7.44. The second kappa shape index (κ2) is 29.6. The largest absolute Gasteiger partial charge is 2.00 e. The molecule has 7 heteroatoms. The molecule has 0 aliphatic rings. The SMILES string of the molecule is C(C[PH+](c1ccccc1)c1ccccc1)=NC(c1ccccc1)C(N=CC[PH+](c1ccccc1)c1ccccc1)c1ccccc1.CC=[N-].CC=[N-].CCC.[Fe+2]. The van der Waals surface area contributed by atoms with Crippen LogP contribution in [0, 0.1) is 0 Å². The molecular formula is C49H56FeN4P2+2. The molecule has 6 aromatic rings. The molecule has 4 nitrogen and oxygen atoms in total. The van der Waals surface area contributed by atoms with Crippen molar-refractivity contribution < 1.29 is 17.1 Å². The molecular weight excluding hydrogens is 762 g/mol. The average molecular weight is 819 g/mol. The minimum atomic E-state index is -1.04. The van der Waals surface area contributed by atoms with Gasteiger partial charge in [-0.15, -0.1) is 0 Å². The van der Waals surface area contributed by atoms with Crippen molar-refractivity contribution in [3.05, 3.63) is 204 Å². The molecule has 288 valence electrons. The molecule has 0 saturated carbocycles. The van der Waals surface area contributed by atoms with Gasteiger partial charge in [-0.3, -0.25) is 9.98 Å². The molecule has 6 rings (SSSR count). The van der Waals surface area contributed by atoms with Gasteiger partial charge in [-0.25, -0.2) is 12.4 Å². The van der Waals surface area contributed by atoms with E-state index in [1.54, 1.807) is 13.8 Å². The molecule has 0 aliphatic carbocycles. The van der Waals surface area contributed by atoms with Crippen LogP contribution in [0.15, 0.2) is 192 Å². The summed E-state index contributed by atoms with van der Waals surface area (Å²) in [6, 6.07) is 64.7. The summed E-state index contributed by atoms with van der Waals surface area (Å²) in [4.78, 5) is 10.7. The normalized spacial score (nSPS) is 11.5. The van der Waals surface area contributed by atoms with Gasteiger partial charge >= 0.3 is 17.1 Å². The molecule has 0 N–H and O–H groups in total. The zero-order valence-corrected chi connectivity index (χ0v) is 36.2. The van der Waals surface area contributed by atoms with Crippen molar-refractivity contribution in [2.45, 2.75) is 46.2 Å². The Bertz CT molecular complexity index is 1690. The molecule has 0 bridgehead atoms. The molecule has 0 spiro atoms. The van der Waals surface area contributed by atoms with E-state index in [2.05, 4.69) is 208 Å². The summed E-state index contributed by atoms with van der Waals surface area (Å²) in [6.45, 7) is 7.36. The van der Waals surface area contributed by atoms with Crippen molar-refractivity contribution in [2.75, 3.05) is 12.3 Å². The summed E-state index contributed by atoms with van der Waals surface area (Å²) < 4.78 is 0. The first-order valence-electron chi connectivity index (χ1n) is 19.0. The molecule has 56 heavy (non-hydrogen) atoms. The minimum Gasteiger partial charge on any atom is -0.814 e. The third-order valence-electron chi connectivity index (χ3n) is 8.19. The maximum absolute atomic E-state index is 7.44. The molecule has 0 heterocycles. The summed E-state index contributed by atoms with van der Waals surface area (Å²) in [5.41, 5.74) is 2.35. The van der Waals surface area contributed by atoms with E-state index in [-0.39, 0.29) is 29.2 Å². The second-order valence-electron chi connectivity index (χ2n) is 12.4. The Balaban J connectivity index is 0.000000991. The first-order chi connectivity index (χ1) is 27.1. The third kappa shape index (κ3) is 16.6. The first-order valence-corrected chi connectivity index (χ1v) is 22.4. The molecule has 0 aliphatic heterocycles. The third-order valence-corrected chi connectivity index (χ3v) is 13.5. The number of rotatable bonds is 13. The molecule has 0 saturated heterocycles. The van der Waals surface area contributed by atoms with Crippen LogP contribution >= 0.6 is 15.8 Å². The van der Waals surface area contributed by atoms with Gasteiger partial charge in [-0.05, 0) is 59.7 Å². The van der Waals surface area contributed by atoms with Gasteiger partial charge < -0.3 is 10.8 Å². The van der Waals surface area contributed by atoms with Gasteiger partial charge in [-0.1, -0.05) is 168 Å². The average Bonchev–Trinajstić information content (AvgIpc) is 3.24. The number of hydrogen-bond donors (Lipinski definition) is 0. The summed E-state index contributed by atoms with van der Waals surface area (Å²) in [5, 5.41) is 20.5. The van der Waals surface area contributed by atoms with Gasteiger partial charge in [0.2, 0.25) is 0 Å². The van der Waals surface area contributed by atoms with Crippen LogP contribution in [0.1, 0.15) is 57.3 Å². The number of benzene rings is 6. The van der Waals surface area contributed by atoms with Crippen LogP contribution in [0.2, 0.25) is 0 Å². The predicted octanol–water partition coefficient (Wildman–Crippen LogP) is 11.0. The predicted molar refractivity (Wildman–Crippen MR) is 252 cm³/mol. The fourth-order valence-electron chi connectivity index (χ4n) is 5.88. The summed E-state index contributed by atoms with van der Waals surface area (Å²) in [5.74, 6) is 0. The van der Waals surface area contributed by atoms with E-state index >= 15 is 0 Å². The Morgan fingerprint density at radius 1 is 0.429 bits per heavy atom. The first kappa shape index (κ1) is 47.5. The topological polar surface area (TPSA) is 69.3 Å². The Kier molecular flexibility index (Phi) is 25.2. The van der Waals surface area contributed by atoms with E-state index < -0.39 is 15.8 Å². The minimum absolute atomic E-state index is 0. The number of hydrogen-bond acceptors (Lipinski definition) is 2. The van der Waals surface area contributed by atoms with E-state index in [0.717, 1.165) is 24.8 Å². The Labute approximate surface area is 349 Å². The second-order valence-corrected chi connectivity index (χ2v) is 17.5. The molecule has 6 aromatic carbocycles. The summed E-state index contributed by atoms with van der Waals surface area (Å²) in [6.07, 6.45) is 9.42. The van der Waals surface area contributed by atoms with Gasteiger partial charge in [0.25, 0.3) is 0 Å². The van der Waals surface area contributed by atoms with Crippen molar-refractivity contribution in [1.29, 1.82) is 0 Å². The number of nitrogens with zero attached hydrogens (tertiary/aromatic N) is 4. The van der Waals surface area contributed by atoms with E-state index in [1.807, 2.05) is 0 Å². The van der Waals surface area contributed by atoms with Crippen molar-refractivity contribution in [2.24, 2.45) is 9.98 Å². The standard InChI is InChI=1S/C42H38N2P2.C3H8.2C2H4N.Fe/c1-7-19-35(20-8-1)41(43-31-33-45(37-23-11-3-12-24-37)38-25-13-4-14-26-38)42(36-21-9-2-10-22-36)44-32-34-46(39-27-15-5-16-28-39)40-29-17-6-18-30-40;1-3-2;2*1-2-3;/h1-32,41-42H,33-34H2;3H2,1-2H3;2*2H,1H3;/q;;2*-1;+2/p+2. The Morgan fingerprint density at radius 3 is 0.839 bits per heavy atom. The smallest absolute Gasteiger partial charge is 0.814 e. The number of aliphatic imine (C=N–C) groups is 2. The van der Waals surface area contributed by atoms with Crippen LogP contribution < -0.4 is 21.2 Å². The zero-order chi connectivity index (χ0) is 39.4. The summed E-state index contributed by atoms with van der Waals surface area (Å²) in [7, 11) is -2.08. The molecule has 2 unspecified atom stereocenters. The van der Waals surface area contributed by atoms with Crippen molar-refractivity contribution >= 4 is 61.9 Å². The van der Waals surface area contributed by atoms with Gasteiger partial charge in [0, 0.05) is 12.4 Å². The van der Waals surface area contributed by atoms with Crippen LogP contribution in [0.3, 0.4) is 0 Å². The van der Waals surface area contributed by atoms with E-state index in [1.165, 1.54) is 38.8 Å². The van der Waals surface area contributed by atoms with Crippen LogP contribution in [0.4, 0.5) is 0 Å². The Morgan fingerprint density at radius 2 is 0.625 bits per heavy atom. The van der Waals surface area contributed by atoms with Crippen LogP contribution in [-0.2, 0) is 17.1 Å². The van der Waals surface area contributed by atoms with E-state index in [9.17, 15) is 0 Å². The van der Waals surface area contributed by atoms with Crippen molar-refractivity contribution in [3.8, 4) is 0 Å². The zero-order valence-electron chi connectivity index (χ0n) is 33.0. The monoisotopic (exact) mass is 818 g/mol. The van der Waals surface area contributed by atoms with Crippen LogP contribution in [-0.4, -0.2) is 37.2 Å². The Hall–Kier alpha value is -4.62. The van der Waals surface area contributed by atoms with Crippen LogP contribution in [0.5, 0.6) is 0 Å². The maximum Gasteiger partial charge on any atom is 2.00 e. The van der Waals surface area contributed by atoms with Gasteiger partial charge in [0.15, 0.2) is 0 Å². The van der Waals surface area contributed by atoms with E-state index in [4.69, 9.17) is 20.8 Å². The fourth-order valence-corrected chi connectivity index (χ4v) is 10.4. The molecule has 2 atom stereocenters. The molecule has 0 amide bonds. The van der Waals surface area contributed by atoms with Gasteiger partial charge in [-0.2, -0.15) is 0 Å². The fraction of sp³-hybridized carbons (Fsp3) is 0.184. The molecule has 0 aromatic heterocycles. The summed E-state index contributed by atoms with van der Waals surface area (Å²) >= 11 is 0. The van der Waals surface area contributed by atoms with Crippen LogP contribution in [0.25, 0.3) is 10.8 Å².